The molecule has 0 amide bonds. The lowest BCUT2D eigenvalue weighted by Gasteiger charge is -2.32. The molecule has 2 rings (SSSR count). The van der Waals surface area contributed by atoms with Gasteiger partial charge in [0.05, 0.1) is 23.1 Å². The van der Waals surface area contributed by atoms with Crippen molar-refractivity contribution in [2.24, 2.45) is 0 Å². The number of hydrogen-bond donors (Lipinski definition) is 0. The van der Waals surface area contributed by atoms with Gasteiger partial charge in [0.15, 0.2) is 0 Å². The van der Waals surface area contributed by atoms with Gasteiger partial charge in [-0.25, -0.2) is 9.78 Å². The first kappa shape index (κ1) is 10.8. The van der Waals surface area contributed by atoms with Crippen molar-refractivity contribution in [2.75, 3.05) is 7.11 Å². The van der Waals surface area contributed by atoms with Gasteiger partial charge in [0.1, 0.15) is 0 Å². The number of methoxy groups -OCH3 is 1. The van der Waals surface area contributed by atoms with Crippen molar-refractivity contribution in [1.29, 1.82) is 0 Å². The van der Waals surface area contributed by atoms with Crippen LogP contribution >= 0.6 is 11.3 Å². The van der Waals surface area contributed by atoms with Gasteiger partial charge in [-0.15, -0.1) is 11.3 Å². The summed E-state index contributed by atoms with van der Waals surface area (Å²) in [6, 6.07) is 0. The molecule has 2 heterocycles. The highest BCUT2D eigenvalue weighted by atomic mass is 32.1. The Balaban J connectivity index is 2.47. The predicted octanol–water partition coefficient (Wildman–Crippen LogP) is 1.54. The zero-order chi connectivity index (χ0) is 16.9. The number of thiazole rings is 1. The number of rotatable bonds is 2. The van der Waals surface area contributed by atoms with E-state index in [-0.39, 0.29) is 15.5 Å². The molecule has 1 saturated heterocycles. The Morgan fingerprint density at radius 1 is 1.37 bits per heavy atom. The lowest BCUT2D eigenvalue weighted by molar-refractivity contribution is 0.00578. The molecule has 104 valence electrons. The molecule has 0 radical (unpaired) electrons. The van der Waals surface area contributed by atoms with E-state index in [2.05, 4.69) is 9.72 Å². The predicted molar refractivity (Wildman–Crippen MR) is 73.9 cm³/mol. The van der Waals surface area contributed by atoms with Gasteiger partial charge in [0, 0.05) is 9.81 Å². The van der Waals surface area contributed by atoms with Crippen LogP contribution in [0, 0.1) is 6.85 Å². The van der Waals surface area contributed by atoms with Crippen LogP contribution in [0.15, 0.2) is 0 Å². The van der Waals surface area contributed by atoms with E-state index in [1.165, 1.54) is 7.11 Å². The first-order valence-corrected chi connectivity index (χ1v) is 6.66. The second-order valence-corrected chi connectivity index (χ2v) is 6.34. The van der Waals surface area contributed by atoms with Gasteiger partial charge in [-0.2, -0.15) is 0 Å². The molecular formula is C12H18BNO4S. The molecule has 1 aliphatic heterocycles. The van der Waals surface area contributed by atoms with Gasteiger partial charge in [0.25, 0.3) is 0 Å². The fraction of sp³-hybridized carbons (Fsp3) is 0.667. The average Bonchev–Trinajstić information content (AvgIpc) is 2.88. The SMILES string of the molecule is [2H]C([2H])([2H])c1nc(C(=O)OC)sc1B1OC(C)(C)C(C)(C)O1. The molecule has 1 aliphatic rings. The van der Waals surface area contributed by atoms with Crippen LogP contribution < -0.4 is 4.78 Å². The smallest absolute Gasteiger partial charge is 0.464 e. The monoisotopic (exact) mass is 286 g/mol. The number of aromatic nitrogens is 1. The third-order valence-corrected chi connectivity index (χ3v) is 4.54. The number of carbonyl (C=O) groups is 1. The molecule has 0 spiro atoms. The second kappa shape index (κ2) is 4.57. The van der Waals surface area contributed by atoms with E-state index in [4.69, 9.17) is 13.4 Å². The molecule has 5 nitrogen and oxygen atoms in total. The zero-order valence-electron chi connectivity index (χ0n) is 14.6. The summed E-state index contributed by atoms with van der Waals surface area (Å²) in [4.78, 5) is 15.5. The van der Waals surface area contributed by atoms with E-state index in [0.717, 1.165) is 11.3 Å². The number of nitrogens with zero attached hydrogens (tertiary/aromatic N) is 1. The molecule has 0 bridgehead atoms. The number of carbonyl (C=O) groups excluding carboxylic acids is 1. The summed E-state index contributed by atoms with van der Waals surface area (Å²) >= 11 is 0.922. The maximum Gasteiger partial charge on any atom is 0.507 e. The lowest BCUT2D eigenvalue weighted by Crippen LogP contribution is -2.41. The van der Waals surface area contributed by atoms with Crippen LogP contribution in [0.3, 0.4) is 0 Å². The van der Waals surface area contributed by atoms with Gasteiger partial charge >= 0.3 is 13.1 Å². The molecule has 1 fully saturated rings. The summed E-state index contributed by atoms with van der Waals surface area (Å²) in [6.45, 7) is 4.99. The molecule has 19 heavy (non-hydrogen) atoms. The normalized spacial score (nSPS) is 23.6. The van der Waals surface area contributed by atoms with Crippen LogP contribution in [-0.4, -0.2) is 36.4 Å². The fourth-order valence-corrected chi connectivity index (χ4v) is 2.46. The molecule has 0 saturated carbocycles. The van der Waals surface area contributed by atoms with E-state index in [0.29, 0.717) is 0 Å². The molecule has 0 unspecified atom stereocenters. The van der Waals surface area contributed by atoms with Crippen molar-refractivity contribution >= 4 is 29.2 Å². The Bertz CT molecular complexity index is 584. The molecule has 0 atom stereocenters. The Hall–Kier alpha value is -0.915. The van der Waals surface area contributed by atoms with E-state index >= 15 is 0 Å². The number of esters is 1. The highest BCUT2D eigenvalue weighted by molar-refractivity contribution is 7.23. The van der Waals surface area contributed by atoms with Gasteiger partial charge in [-0.05, 0) is 34.5 Å². The second-order valence-electron chi connectivity index (χ2n) is 5.31. The Morgan fingerprint density at radius 2 is 1.95 bits per heavy atom. The van der Waals surface area contributed by atoms with E-state index < -0.39 is 31.1 Å². The Kier molecular flexibility index (Phi) is 2.61. The highest BCUT2D eigenvalue weighted by Gasteiger charge is 2.53. The Labute approximate surface area is 121 Å². The third-order valence-electron chi connectivity index (χ3n) is 3.48. The van der Waals surface area contributed by atoms with Gasteiger partial charge < -0.3 is 14.0 Å². The molecular weight excluding hydrogens is 265 g/mol. The number of aryl methyl sites for hydroxylation is 1. The van der Waals surface area contributed by atoms with E-state index in [1.54, 1.807) is 0 Å². The number of hydrogen-bond acceptors (Lipinski definition) is 6. The first-order valence-electron chi connectivity index (χ1n) is 7.34. The minimum atomic E-state index is -2.47. The molecule has 7 heteroatoms. The minimum absolute atomic E-state index is 0.0293. The maximum atomic E-state index is 11.6. The van der Waals surface area contributed by atoms with Crippen molar-refractivity contribution in [2.45, 2.75) is 45.7 Å². The van der Waals surface area contributed by atoms with E-state index in [1.807, 2.05) is 27.7 Å². The summed E-state index contributed by atoms with van der Waals surface area (Å²) < 4.78 is 39.4. The third kappa shape index (κ3) is 2.42. The van der Waals surface area contributed by atoms with Crippen LogP contribution in [-0.2, 0) is 14.0 Å². The van der Waals surface area contributed by atoms with Gasteiger partial charge in [0.2, 0.25) is 5.01 Å². The van der Waals surface area contributed by atoms with Crippen molar-refractivity contribution in [3.63, 3.8) is 0 Å². The van der Waals surface area contributed by atoms with E-state index in [9.17, 15) is 4.79 Å². The zero-order valence-corrected chi connectivity index (χ0v) is 12.4. The van der Waals surface area contributed by atoms with Crippen LogP contribution in [0.2, 0.25) is 0 Å². The molecule has 0 N–H and O–H groups in total. The summed E-state index contributed by atoms with van der Waals surface area (Å²) in [7, 11) is 0.337. The topological polar surface area (TPSA) is 57.7 Å². The quantitative estimate of drug-likeness (QED) is 0.609. The summed E-state index contributed by atoms with van der Waals surface area (Å²) in [6.07, 6.45) is 0. The fourth-order valence-electron chi connectivity index (χ4n) is 1.62. The van der Waals surface area contributed by atoms with Crippen molar-refractivity contribution in [1.82, 2.24) is 4.98 Å². The first-order chi connectivity index (χ1) is 9.89. The van der Waals surface area contributed by atoms with Crippen LogP contribution in [0.25, 0.3) is 0 Å². The van der Waals surface area contributed by atoms with Gasteiger partial charge in [-0.1, -0.05) is 0 Å². The van der Waals surface area contributed by atoms with Crippen molar-refractivity contribution < 1.29 is 23.0 Å². The van der Waals surface area contributed by atoms with Crippen LogP contribution in [0.4, 0.5) is 0 Å². The Morgan fingerprint density at radius 3 is 2.42 bits per heavy atom. The highest BCUT2D eigenvalue weighted by Crippen LogP contribution is 2.37. The molecule has 1 aromatic heterocycles. The summed E-state index contributed by atoms with van der Waals surface area (Å²) in [5.74, 6) is -0.682. The molecule has 1 aromatic rings. The van der Waals surface area contributed by atoms with Crippen molar-refractivity contribution in [3.05, 3.63) is 10.7 Å². The van der Waals surface area contributed by atoms with Crippen LogP contribution in [0.1, 0.15) is 47.3 Å². The standard InChI is InChI=1S/C12H18BNO4S/c1-7-8(19-9(14-7)10(15)16-6)13-17-11(2,3)12(4,5)18-13/h1-6H3/i1D3. The average molecular weight is 286 g/mol. The maximum absolute atomic E-state index is 11.6. The van der Waals surface area contributed by atoms with Crippen LogP contribution in [0.5, 0.6) is 0 Å². The largest absolute Gasteiger partial charge is 0.507 e. The molecule has 0 aliphatic carbocycles. The van der Waals surface area contributed by atoms with Gasteiger partial charge in [-0.3, -0.25) is 0 Å². The number of ether oxygens (including phenoxy) is 1. The summed E-state index contributed by atoms with van der Waals surface area (Å²) in [5, 5.41) is -0.0293. The minimum Gasteiger partial charge on any atom is -0.464 e. The lowest BCUT2D eigenvalue weighted by atomic mass is 9.86. The van der Waals surface area contributed by atoms with Crippen molar-refractivity contribution in [3.8, 4) is 0 Å². The molecule has 0 aromatic carbocycles. The summed E-state index contributed by atoms with van der Waals surface area (Å²) in [5.41, 5.74) is -1.41.